The van der Waals surface area contributed by atoms with E-state index in [0.717, 1.165) is 11.1 Å². The van der Waals surface area contributed by atoms with E-state index < -0.39 is 0 Å². The van der Waals surface area contributed by atoms with Crippen LogP contribution < -0.4 is 25.7 Å². The van der Waals surface area contributed by atoms with E-state index in [4.69, 9.17) is 25.7 Å². The Hall–Kier alpha value is -2.96. The highest BCUT2D eigenvalue weighted by Gasteiger charge is 2.17. The van der Waals surface area contributed by atoms with Gasteiger partial charge < -0.3 is 25.7 Å². The fraction of sp³-hybridized carbons (Fsp3) is 0.250. The molecule has 0 unspecified atom stereocenters. The minimum atomic E-state index is 0.131. The van der Waals surface area contributed by atoms with Gasteiger partial charge in [-0.2, -0.15) is 4.98 Å². The lowest BCUT2D eigenvalue weighted by Gasteiger charge is -2.16. The molecule has 1 aromatic heterocycles. The Morgan fingerprint density at radius 1 is 1.04 bits per heavy atom. The molecule has 4 N–H and O–H groups in total. The molecular weight excluding hydrogens is 296 g/mol. The van der Waals surface area contributed by atoms with Crippen molar-refractivity contribution in [1.82, 2.24) is 9.97 Å². The molecule has 2 rings (SSSR count). The average Bonchev–Trinajstić information content (AvgIpc) is 2.56. The smallest absolute Gasteiger partial charge is 0.221 e. The number of allylic oxidation sites excluding steroid dienone is 1. The highest BCUT2D eigenvalue weighted by molar-refractivity contribution is 5.85. The molecule has 122 valence electrons. The van der Waals surface area contributed by atoms with Crippen molar-refractivity contribution in [2.75, 3.05) is 32.8 Å². The van der Waals surface area contributed by atoms with Crippen LogP contribution in [0.5, 0.6) is 17.2 Å². The number of ether oxygens (including phenoxy) is 3. The Bertz CT molecular complexity index is 719. The van der Waals surface area contributed by atoms with Crippen molar-refractivity contribution < 1.29 is 14.2 Å². The fourth-order valence-corrected chi connectivity index (χ4v) is 2.33. The summed E-state index contributed by atoms with van der Waals surface area (Å²) in [4.78, 5) is 8.02. The van der Waals surface area contributed by atoms with Crippen LogP contribution in [-0.2, 0) is 0 Å². The predicted octanol–water partition coefficient (Wildman–Crippen LogP) is 2.12. The number of nitrogens with two attached hydrogens (primary N) is 2. The summed E-state index contributed by atoms with van der Waals surface area (Å²) in [5.74, 6) is 2.06. The van der Waals surface area contributed by atoms with Crippen molar-refractivity contribution in [3.05, 3.63) is 35.5 Å². The molecule has 0 saturated carbocycles. The molecule has 0 bridgehead atoms. The molecule has 1 heterocycles. The van der Waals surface area contributed by atoms with Gasteiger partial charge in [0.15, 0.2) is 11.5 Å². The van der Waals surface area contributed by atoms with Gasteiger partial charge in [-0.1, -0.05) is 6.08 Å². The van der Waals surface area contributed by atoms with Crippen LogP contribution in [0.4, 0.5) is 11.8 Å². The number of benzene rings is 1. The number of hydrogen-bond donors (Lipinski definition) is 2. The van der Waals surface area contributed by atoms with Gasteiger partial charge in [0.1, 0.15) is 5.82 Å². The zero-order valence-corrected chi connectivity index (χ0v) is 13.6. The number of anilines is 2. The van der Waals surface area contributed by atoms with Crippen LogP contribution in [0.1, 0.15) is 18.1 Å². The topological polar surface area (TPSA) is 106 Å². The van der Waals surface area contributed by atoms with Gasteiger partial charge >= 0.3 is 0 Å². The van der Waals surface area contributed by atoms with Crippen LogP contribution in [0.2, 0.25) is 0 Å². The minimum absolute atomic E-state index is 0.131. The quantitative estimate of drug-likeness (QED) is 0.870. The summed E-state index contributed by atoms with van der Waals surface area (Å²) in [6.45, 7) is 1.90. The Kier molecular flexibility index (Phi) is 4.90. The number of nitrogen functional groups attached to an aromatic ring is 2. The largest absolute Gasteiger partial charge is 0.493 e. The van der Waals surface area contributed by atoms with E-state index in [-0.39, 0.29) is 5.95 Å². The number of hydrogen-bond acceptors (Lipinski definition) is 7. The molecule has 0 amide bonds. The van der Waals surface area contributed by atoms with Crippen molar-refractivity contribution in [1.29, 1.82) is 0 Å². The first kappa shape index (κ1) is 16.4. The molecule has 2 aromatic rings. The Morgan fingerprint density at radius 2 is 1.65 bits per heavy atom. The lowest BCUT2D eigenvalue weighted by molar-refractivity contribution is 0.324. The first-order valence-corrected chi connectivity index (χ1v) is 6.90. The van der Waals surface area contributed by atoms with Crippen LogP contribution in [0.15, 0.2) is 24.4 Å². The molecule has 7 nitrogen and oxygen atoms in total. The molecule has 0 radical (unpaired) electrons. The van der Waals surface area contributed by atoms with E-state index >= 15 is 0 Å². The molecule has 1 aromatic carbocycles. The second kappa shape index (κ2) is 6.87. The standard InChI is InChI=1S/C16H20N4O3/c1-5-10(11-8-19-16(18)20-15(11)17)9-6-12(21-2)14(23-4)13(7-9)22-3/h5-8H,1-4H3,(H4,17,18,19,20)/b10-5+. The summed E-state index contributed by atoms with van der Waals surface area (Å²) in [6.07, 6.45) is 3.50. The molecule has 23 heavy (non-hydrogen) atoms. The van der Waals surface area contributed by atoms with Gasteiger partial charge in [-0.05, 0) is 30.2 Å². The van der Waals surface area contributed by atoms with Crippen molar-refractivity contribution in [3.8, 4) is 17.2 Å². The van der Waals surface area contributed by atoms with E-state index in [9.17, 15) is 0 Å². The van der Waals surface area contributed by atoms with Crippen molar-refractivity contribution >= 4 is 17.3 Å². The fourth-order valence-electron chi connectivity index (χ4n) is 2.33. The van der Waals surface area contributed by atoms with Gasteiger partial charge in [0.05, 0.1) is 21.3 Å². The summed E-state index contributed by atoms with van der Waals surface area (Å²) >= 11 is 0. The van der Waals surface area contributed by atoms with Crippen molar-refractivity contribution in [2.24, 2.45) is 0 Å². The molecule has 0 atom stereocenters. The third-order valence-corrected chi connectivity index (χ3v) is 3.39. The lowest BCUT2D eigenvalue weighted by Crippen LogP contribution is -2.04. The minimum Gasteiger partial charge on any atom is -0.493 e. The second-order valence-electron chi connectivity index (χ2n) is 4.64. The highest BCUT2D eigenvalue weighted by atomic mass is 16.5. The van der Waals surface area contributed by atoms with Gasteiger partial charge in [-0.25, -0.2) is 4.98 Å². The highest BCUT2D eigenvalue weighted by Crippen LogP contribution is 2.41. The third-order valence-electron chi connectivity index (χ3n) is 3.39. The van der Waals surface area contributed by atoms with Gasteiger partial charge in [0.2, 0.25) is 11.7 Å². The maximum absolute atomic E-state index is 5.97. The summed E-state index contributed by atoms with van der Waals surface area (Å²) in [5, 5.41) is 0. The van der Waals surface area contributed by atoms with E-state index in [2.05, 4.69) is 9.97 Å². The third kappa shape index (κ3) is 3.13. The van der Waals surface area contributed by atoms with Gasteiger partial charge in [-0.15, -0.1) is 0 Å². The Balaban J connectivity index is 2.63. The molecule has 0 aliphatic rings. The number of nitrogens with zero attached hydrogens (tertiary/aromatic N) is 2. The first-order chi connectivity index (χ1) is 11.0. The average molecular weight is 316 g/mol. The maximum Gasteiger partial charge on any atom is 0.221 e. The second-order valence-corrected chi connectivity index (χ2v) is 4.64. The molecular formula is C16H20N4O3. The molecule has 0 spiro atoms. The lowest BCUT2D eigenvalue weighted by atomic mass is 9.98. The van der Waals surface area contributed by atoms with E-state index in [1.165, 1.54) is 0 Å². The van der Waals surface area contributed by atoms with Crippen molar-refractivity contribution in [3.63, 3.8) is 0 Å². The van der Waals surface area contributed by atoms with Crippen LogP contribution >= 0.6 is 0 Å². The van der Waals surface area contributed by atoms with Crippen LogP contribution in [0.3, 0.4) is 0 Å². The summed E-state index contributed by atoms with van der Waals surface area (Å²) in [5.41, 5.74) is 13.9. The zero-order chi connectivity index (χ0) is 17.0. The Labute approximate surface area is 134 Å². The summed E-state index contributed by atoms with van der Waals surface area (Å²) in [6, 6.07) is 3.68. The molecule has 7 heteroatoms. The zero-order valence-electron chi connectivity index (χ0n) is 13.6. The van der Waals surface area contributed by atoms with E-state index in [0.29, 0.717) is 28.6 Å². The maximum atomic E-state index is 5.97. The SMILES string of the molecule is C/C=C(\c1cc(OC)c(OC)c(OC)c1)c1cnc(N)nc1N. The normalized spacial score (nSPS) is 11.2. The van der Waals surface area contributed by atoms with Crippen LogP contribution in [0.25, 0.3) is 5.57 Å². The van der Waals surface area contributed by atoms with Gasteiger partial charge in [-0.3, -0.25) is 0 Å². The Morgan fingerprint density at radius 3 is 2.09 bits per heavy atom. The van der Waals surface area contributed by atoms with Crippen LogP contribution in [0, 0.1) is 0 Å². The molecule has 0 aliphatic carbocycles. The predicted molar refractivity (Wildman–Crippen MR) is 89.7 cm³/mol. The van der Waals surface area contributed by atoms with Gasteiger partial charge in [0.25, 0.3) is 0 Å². The van der Waals surface area contributed by atoms with Crippen molar-refractivity contribution in [2.45, 2.75) is 6.92 Å². The number of methoxy groups -OCH3 is 3. The van der Waals surface area contributed by atoms with E-state index in [1.54, 1.807) is 27.5 Å². The number of aromatic nitrogens is 2. The summed E-state index contributed by atoms with van der Waals surface area (Å²) < 4.78 is 16.1. The van der Waals surface area contributed by atoms with Crippen LogP contribution in [-0.4, -0.2) is 31.3 Å². The van der Waals surface area contributed by atoms with E-state index in [1.807, 2.05) is 25.1 Å². The molecule has 0 saturated heterocycles. The molecule has 0 aliphatic heterocycles. The van der Waals surface area contributed by atoms with Gasteiger partial charge in [0, 0.05) is 11.8 Å². The molecule has 0 fully saturated rings. The summed E-state index contributed by atoms with van der Waals surface area (Å²) in [7, 11) is 4.69. The first-order valence-electron chi connectivity index (χ1n) is 6.90. The monoisotopic (exact) mass is 316 g/mol. The number of rotatable bonds is 5.